The number of nitrogens with zero attached hydrogens (tertiary/aromatic N) is 2. The van der Waals surface area contributed by atoms with E-state index in [1.165, 1.54) is 0 Å². The third-order valence-corrected chi connectivity index (χ3v) is 6.03. The van der Waals surface area contributed by atoms with E-state index in [2.05, 4.69) is 0 Å². The van der Waals surface area contributed by atoms with Gasteiger partial charge < -0.3 is 28.7 Å². The SMILES string of the molecule is O=C(C1CC(=O)N(c2ccc3c(c2)OCO3)C1)N1CCC(C2OCCO2)CC1. The number of piperidine rings is 1. The number of anilines is 1. The highest BCUT2D eigenvalue weighted by atomic mass is 16.7. The molecule has 150 valence electrons. The second kappa shape index (κ2) is 7.25. The van der Waals surface area contributed by atoms with E-state index < -0.39 is 0 Å². The normalized spacial score (nSPS) is 25.7. The van der Waals surface area contributed by atoms with Crippen molar-refractivity contribution in [1.29, 1.82) is 0 Å². The topological polar surface area (TPSA) is 77.5 Å². The maximum Gasteiger partial charge on any atom is 0.231 e. The molecular weight excluding hydrogens is 364 g/mol. The van der Waals surface area contributed by atoms with Crippen LogP contribution in [0.1, 0.15) is 19.3 Å². The molecule has 28 heavy (non-hydrogen) atoms. The summed E-state index contributed by atoms with van der Waals surface area (Å²) >= 11 is 0. The average Bonchev–Trinajstić information content (AvgIpc) is 3.47. The zero-order valence-electron chi connectivity index (χ0n) is 15.7. The van der Waals surface area contributed by atoms with Gasteiger partial charge in [0.1, 0.15) is 0 Å². The molecule has 2 amide bonds. The fraction of sp³-hybridized carbons (Fsp3) is 0.600. The number of carbonyl (C=O) groups is 2. The molecule has 3 fully saturated rings. The molecule has 8 heteroatoms. The summed E-state index contributed by atoms with van der Waals surface area (Å²) in [6.45, 7) is 3.31. The van der Waals surface area contributed by atoms with E-state index >= 15 is 0 Å². The summed E-state index contributed by atoms with van der Waals surface area (Å²) in [5.74, 6) is 1.41. The predicted octanol–water partition coefficient (Wildman–Crippen LogP) is 1.38. The van der Waals surface area contributed by atoms with Crippen molar-refractivity contribution in [2.75, 3.05) is 44.5 Å². The molecule has 0 saturated carbocycles. The molecule has 0 N–H and O–H groups in total. The lowest BCUT2D eigenvalue weighted by atomic mass is 9.95. The van der Waals surface area contributed by atoms with Crippen LogP contribution in [-0.2, 0) is 19.1 Å². The summed E-state index contributed by atoms with van der Waals surface area (Å²) in [7, 11) is 0. The highest BCUT2D eigenvalue weighted by Gasteiger charge is 2.39. The van der Waals surface area contributed by atoms with Gasteiger partial charge in [0, 0.05) is 43.7 Å². The van der Waals surface area contributed by atoms with Crippen LogP contribution in [0.15, 0.2) is 18.2 Å². The summed E-state index contributed by atoms with van der Waals surface area (Å²) in [6.07, 6.45) is 1.89. The van der Waals surface area contributed by atoms with Crippen LogP contribution in [0, 0.1) is 11.8 Å². The molecule has 1 aromatic rings. The van der Waals surface area contributed by atoms with E-state index in [-0.39, 0.29) is 37.2 Å². The van der Waals surface area contributed by atoms with Crippen molar-refractivity contribution in [1.82, 2.24) is 4.90 Å². The molecule has 4 aliphatic rings. The van der Waals surface area contributed by atoms with Crippen molar-refractivity contribution >= 4 is 17.5 Å². The maximum atomic E-state index is 13.0. The Morgan fingerprint density at radius 1 is 1.04 bits per heavy atom. The van der Waals surface area contributed by atoms with Gasteiger partial charge in [-0.15, -0.1) is 0 Å². The van der Waals surface area contributed by atoms with Crippen molar-refractivity contribution in [2.45, 2.75) is 25.6 Å². The van der Waals surface area contributed by atoms with Crippen molar-refractivity contribution in [3.63, 3.8) is 0 Å². The number of hydrogen-bond donors (Lipinski definition) is 0. The molecule has 0 radical (unpaired) electrons. The molecule has 1 aromatic carbocycles. The lowest BCUT2D eigenvalue weighted by molar-refractivity contribution is -0.140. The summed E-state index contributed by atoms with van der Waals surface area (Å²) < 4.78 is 21.9. The highest BCUT2D eigenvalue weighted by molar-refractivity contribution is 6.00. The molecule has 0 bridgehead atoms. The average molecular weight is 388 g/mol. The Morgan fingerprint density at radius 2 is 1.79 bits per heavy atom. The second-order valence-corrected chi connectivity index (χ2v) is 7.72. The van der Waals surface area contributed by atoms with Gasteiger partial charge in [-0.3, -0.25) is 9.59 Å². The fourth-order valence-electron chi connectivity index (χ4n) is 4.47. The Morgan fingerprint density at radius 3 is 2.57 bits per heavy atom. The van der Waals surface area contributed by atoms with Gasteiger partial charge in [0.25, 0.3) is 0 Å². The number of amides is 2. The lowest BCUT2D eigenvalue weighted by Crippen LogP contribution is -2.44. The van der Waals surface area contributed by atoms with Crippen LogP contribution in [0.3, 0.4) is 0 Å². The van der Waals surface area contributed by atoms with Gasteiger partial charge in [-0.05, 0) is 25.0 Å². The molecule has 5 rings (SSSR count). The van der Waals surface area contributed by atoms with Gasteiger partial charge in [0.15, 0.2) is 17.8 Å². The minimum Gasteiger partial charge on any atom is -0.454 e. The Labute approximate surface area is 163 Å². The van der Waals surface area contributed by atoms with Crippen LogP contribution in [0.4, 0.5) is 5.69 Å². The van der Waals surface area contributed by atoms with Crippen LogP contribution < -0.4 is 14.4 Å². The maximum absolute atomic E-state index is 13.0. The first-order valence-corrected chi connectivity index (χ1v) is 9.91. The summed E-state index contributed by atoms with van der Waals surface area (Å²) in [6, 6.07) is 5.45. The number of ether oxygens (including phenoxy) is 4. The number of likely N-dealkylation sites (tertiary alicyclic amines) is 1. The van der Waals surface area contributed by atoms with Crippen LogP contribution >= 0.6 is 0 Å². The van der Waals surface area contributed by atoms with Gasteiger partial charge in [-0.1, -0.05) is 0 Å². The Bertz CT molecular complexity index is 770. The van der Waals surface area contributed by atoms with Crippen LogP contribution in [0.5, 0.6) is 11.5 Å². The van der Waals surface area contributed by atoms with Gasteiger partial charge in [-0.2, -0.15) is 0 Å². The molecule has 4 aliphatic heterocycles. The van der Waals surface area contributed by atoms with Crippen LogP contribution in [-0.4, -0.2) is 62.6 Å². The second-order valence-electron chi connectivity index (χ2n) is 7.72. The fourth-order valence-corrected chi connectivity index (χ4v) is 4.47. The molecule has 1 atom stereocenters. The number of rotatable bonds is 3. The molecular formula is C20H24N2O6. The van der Waals surface area contributed by atoms with Gasteiger partial charge in [-0.25, -0.2) is 0 Å². The Balaban J connectivity index is 1.20. The molecule has 0 aromatic heterocycles. The predicted molar refractivity (Wildman–Crippen MR) is 98.0 cm³/mol. The minimum atomic E-state index is -0.298. The quantitative estimate of drug-likeness (QED) is 0.779. The van der Waals surface area contributed by atoms with Crippen LogP contribution in [0.2, 0.25) is 0 Å². The van der Waals surface area contributed by atoms with E-state index in [1.807, 2.05) is 11.0 Å². The molecule has 0 aliphatic carbocycles. The minimum absolute atomic E-state index is 0.0279. The van der Waals surface area contributed by atoms with E-state index in [4.69, 9.17) is 18.9 Å². The summed E-state index contributed by atoms with van der Waals surface area (Å²) in [5.41, 5.74) is 0.749. The van der Waals surface area contributed by atoms with Crippen LogP contribution in [0.25, 0.3) is 0 Å². The van der Waals surface area contributed by atoms with E-state index in [1.54, 1.807) is 17.0 Å². The zero-order valence-corrected chi connectivity index (χ0v) is 15.7. The molecule has 1 unspecified atom stereocenters. The zero-order chi connectivity index (χ0) is 19.1. The molecule has 8 nitrogen and oxygen atoms in total. The van der Waals surface area contributed by atoms with Crippen molar-refractivity contribution in [3.05, 3.63) is 18.2 Å². The van der Waals surface area contributed by atoms with Gasteiger partial charge in [0.2, 0.25) is 18.6 Å². The first-order valence-electron chi connectivity index (χ1n) is 9.91. The third kappa shape index (κ3) is 3.20. The number of fused-ring (bicyclic) bond motifs is 1. The molecule has 4 heterocycles. The number of hydrogen-bond acceptors (Lipinski definition) is 6. The lowest BCUT2D eigenvalue weighted by Gasteiger charge is -2.35. The first kappa shape index (κ1) is 17.8. The highest BCUT2D eigenvalue weighted by Crippen LogP contribution is 2.37. The molecule has 3 saturated heterocycles. The third-order valence-electron chi connectivity index (χ3n) is 6.03. The van der Waals surface area contributed by atoms with Crippen molar-refractivity contribution in [3.8, 4) is 11.5 Å². The largest absolute Gasteiger partial charge is 0.454 e. The number of carbonyl (C=O) groups excluding carboxylic acids is 2. The van der Waals surface area contributed by atoms with E-state index in [0.29, 0.717) is 50.3 Å². The van der Waals surface area contributed by atoms with Crippen molar-refractivity contribution in [2.24, 2.45) is 11.8 Å². The van der Waals surface area contributed by atoms with Crippen molar-refractivity contribution < 1.29 is 28.5 Å². The Kier molecular flexibility index (Phi) is 4.60. The number of benzene rings is 1. The first-order chi connectivity index (χ1) is 13.7. The van der Waals surface area contributed by atoms with Gasteiger partial charge in [0.05, 0.1) is 19.1 Å². The standard InChI is InChI=1S/C20H24N2O6/c23-18-9-14(11-22(18)15-1-2-16-17(10-15)28-12-27-16)19(24)21-5-3-13(4-6-21)20-25-7-8-26-20/h1-2,10,13-14,20H,3-9,11-12H2. The van der Waals surface area contributed by atoms with E-state index in [0.717, 1.165) is 18.5 Å². The summed E-state index contributed by atoms with van der Waals surface area (Å²) in [4.78, 5) is 29.1. The Hall–Kier alpha value is -2.32. The van der Waals surface area contributed by atoms with Gasteiger partial charge >= 0.3 is 0 Å². The molecule has 0 spiro atoms. The van der Waals surface area contributed by atoms with E-state index in [9.17, 15) is 9.59 Å². The smallest absolute Gasteiger partial charge is 0.231 e. The summed E-state index contributed by atoms with van der Waals surface area (Å²) in [5, 5.41) is 0. The monoisotopic (exact) mass is 388 g/mol.